The first-order chi connectivity index (χ1) is 4.46. The Morgan fingerprint density at radius 1 is 1.50 bits per heavy atom. The SMILES string of the molecule is CC(O)=C(F)C(=O)N(C)C. The number of likely N-dealkylation sites (N-methyl/N-ethyl adjacent to an activating group) is 1. The third-order valence-electron chi connectivity index (χ3n) is 0.912. The number of allylic oxidation sites excluding steroid dienone is 1. The van der Waals surface area contributed by atoms with Gasteiger partial charge in [-0.05, 0) is 6.92 Å². The number of aliphatic hydroxyl groups is 1. The molecule has 1 N–H and O–H groups in total. The van der Waals surface area contributed by atoms with Gasteiger partial charge in [0.25, 0.3) is 5.91 Å². The lowest BCUT2D eigenvalue weighted by Crippen LogP contribution is -2.22. The maximum Gasteiger partial charge on any atom is 0.285 e. The van der Waals surface area contributed by atoms with E-state index in [1.807, 2.05) is 0 Å². The summed E-state index contributed by atoms with van der Waals surface area (Å²) in [5.41, 5.74) is 0. The first-order valence-electron chi connectivity index (χ1n) is 2.73. The van der Waals surface area contributed by atoms with E-state index in [1.165, 1.54) is 14.1 Å². The molecular weight excluding hydrogens is 137 g/mol. The smallest absolute Gasteiger partial charge is 0.285 e. The van der Waals surface area contributed by atoms with Crippen LogP contribution in [-0.2, 0) is 4.79 Å². The maximum atomic E-state index is 12.4. The van der Waals surface area contributed by atoms with Crippen LogP contribution in [0.1, 0.15) is 6.92 Å². The topological polar surface area (TPSA) is 40.5 Å². The highest BCUT2D eigenvalue weighted by molar-refractivity contribution is 5.91. The minimum absolute atomic E-state index is 0.585. The average Bonchev–Trinajstić information content (AvgIpc) is 1.84. The Morgan fingerprint density at radius 3 is 2.00 bits per heavy atom. The largest absolute Gasteiger partial charge is 0.509 e. The quantitative estimate of drug-likeness (QED) is 0.441. The fraction of sp³-hybridized carbons (Fsp3) is 0.500. The van der Waals surface area contributed by atoms with Gasteiger partial charge in [0.2, 0.25) is 5.83 Å². The zero-order valence-electron chi connectivity index (χ0n) is 6.18. The van der Waals surface area contributed by atoms with Crippen LogP contribution < -0.4 is 0 Å². The van der Waals surface area contributed by atoms with Gasteiger partial charge in [-0.2, -0.15) is 4.39 Å². The summed E-state index contributed by atoms with van der Waals surface area (Å²) >= 11 is 0. The van der Waals surface area contributed by atoms with Crippen LogP contribution in [0.3, 0.4) is 0 Å². The van der Waals surface area contributed by atoms with Crippen LogP contribution in [0.2, 0.25) is 0 Å². The molecule has 0 unspecified atom stereocenters. The highest BCUT2D eigenvalue weighted by Gasteiger charge is 2.13. The summed E-state index contributed by atoms with van der Waals surface area (Å²) < 4.78 is 12.4. The number of carbonyl (C=O) groups excluding carboxylic acids is 1. The monoisotopic (exact) mass is 147 g/mol. The van der Waals surface area contributed by atoms with Crippen molar-refractivity contribution in [2.24, 2.45) is 0 Å². The molecule has 0 aromatic heterocycles. The first-order valence-corrected chi connectivity index (χ1v) is 2.73. The fourth-order valence-electron chi connectivity index (χ4n) is 0.351. The standard InChI is InChI=1S/C6H10FNO2/c1-4(9)5(7)6(10)8(2)3/h9H,1-3H3. The molecule has 0 aromatic carbocycles. The highest BCUT2D eigenvalue weighted by atomic mass is 19.1. The Hall–Kier alpha value is -1.06. The highest BCUT2D eigenvalue weighted by Crippen LogP contribution is 2.04. The third kappa shape index (κ3) is 2.05. The van der Waals surface area contributed by atoms with Gasteiger partial charge in [0.15, 0.2) is 0 Å². The van der Waals surface area contributed by atoms with Crippen LogP contribution >= 0.6 is 0 Å². The van der Waals surface area contributed by atoms with Crippen molar-refractivity contribution in [3.8, 4) is 0 Å². The molecule has 0 fully saturated rings. The Labute approximate surface area is 58.8 Å². The number of hydrogen-bond donors (Lipinski definition) is 1. The lowest BCUT2D eigenvalue weighted by atomic mass is 10.4. The van der Waals surface area contributed by atoms with Gasteiger partial charge in [-0.3, -0.25) is 4.79 Å². The van der Waals surface area contributed by atoms with Gasteiger partial charge in [-0.15, -0.1) is 0 Å². The summed E-state index contributed by atoms with van der Waals surface area (Å²) in [6, 6.07) is 0. The first kappa shape index (κ1) is 8.94. The minimum Gasteiger partial charge on any atom is -0.509 e. The van der Waals surface area contributed by atoms with Gasteiger partial charge < -0.3 is 10.0 Å². The predicted molar refractivity (Wildman–Crippen MR) is 35.1 cm³/mol. The van der Waals surface area contributed by atoms with Crippen LogP contribution in [-0.4, -0.2) is 30.0 Å². The lowest BCUT2D eigenvalue weighted by molar-refractivity contribution is -0.126. The van der Waals surface area contributed by atoms with E-state index < -0.39 is 17.5 Å². The van der Waals surface area contributed by atoms with Crippen molar-refractivity contribution in [2.45, 2.75) is 6.92 Å². The predicted octanol–water partition coefficient (Wildman–Crippen LogP) is 0.834. The van der Waals surface area contributed by atoms with Gasteiger partial charge >= 0.3 is 0 Å². The molecule has 10 heavy (non-hydrogen) atoms. The molecule has 0 atom stereocenters. The molecule has 0 radical (unpaired) electrons. The second-order valence-electron chi connectivity index (χ2n) is 2.10. The van der Waals surface area contributed by atoms with E-state index in [-0.39, 0.29) is 0 Å². The van der Waals surface area contributed by atoms with E-state index >= 15 is 0 Å². The molecule has 0 aliphatic rings. The second-order valence-corrected chi connectivity index (χ2v) is 2.10. The number of carbonyl (C=O) groups is 1. The molecule has 0 aromatic rings. The summed E-state index contributed by atoms with van der Waals surface area (Å²) in [7, 11) is 2.82. The number of hydrogen-bond acceptors (Lipinski definition) is 2. The number of nitrogens with zero attached hydrogens (tertiary/aromatic N) is 1. The third-order valence-corrected chi connectivity index (χ3v) is 0.912. The van der Waals surface area contributed by atoms with Gasteiger partial charge in [0.1, 0.15) is 5.76 Å². The van der Waals surface area contributed by atoms with Gasteiger partial charge in [-0.25, -0.2) is 0 Å². The number of aliphatic hydroxyl groups excluding tert-OH is 1. The molecule has 0 bridgehead atoms. The Morgan fingerprint density at radius 2 is 1.90 bits per heavy atom. The van der Waals surface area contributed by atoms with Crippen molar-refractivity contribution < 1.29 is 14.3 Å². The van der Waals surface area contributed by atoms with E-state index in [1.54, 1.807) is 0 Å². The number of rotatable bonds is 1. The molecular formula is C6H10FNO2. The van der Waals surface area contributed by atoms with E-state index in [2.05, 4.69) is 0 Å². The van der Waals surface area contributed by atoms with Crippen molar-refractivity contribution in [2.75, 3.05) is 14.1 Å². The summed E-state index contributed by atoms with van der Waals surface area (Å²) in [4.78, 5) is 11.7. The van der Waals surface area contributed by atoms with E-state index in [4.69, 9.17) is 5.11 Å². The Balaban J connectivity index is 4.38. The van der Waals surface area contributed by atoms with E-state index in [0.717, 1.165) is 11.8 Å². The van der Waals surface area contributed by atoms with Crippen LogP contribution in [0.15, 0.2) is 11.6 Å². The summed E-state index contributed by atoms with van der Waals surface area (Å²) in [6.07, 6.45) is 0. The van der Waals surface area contributed by atoms with E-state index in [9.17, 15) is 9.18 Å². The minimum atomic E-state index is -1.11. The second kappa shape index (κ2) is 3.20. The molecule has 0 rings (SSSR count). The molecule has 0 aliphatic carbocycles. The van der Waals surface area contributed by atoms with E-state index in [0.29, 0.717) is 0 Å². The molecule has 58 valence electrons. The fourth-order valence-corrected chi connectivity index (χ4v) is 0.351. The zero-order chi connectivity index (χ0) is 8.31. The van der Waals surface area contributed by atoms with Gasteiger partial charge in [-0.1, -0.05) is 0 Å². The Bertz CT molecular complexity index is 171. The Kier molecular flexibility index (Phi) is 2.86. The molecule has 0 saturated heterocycles. The van der Waals surface area contributed by atoms with Crippen LogP contribution in [0.5, 0.6) is 0 Å². The van der Waals surface area contributed by atoms with Crippen LogP contribution in [0.4, 0.5) is 4.39 Å². The molecule has 0 aliphatic heterocycles. The molecule has 0 saturated carbocycles. The van der Waals surface area contributed by atoms with Gasteiger partial charge in [0.05, 0.1) is 0 Å². The zero-order valence-corrected chi connectivity index (χ0v) is 6.18. The van der Waals surface area contributed by atoms with Crippen molar-refractivity contribution in [1.29, 1.82) is 0 Å². The van der Waals surface area contributed by atoms with Crippen molar-refractivity contribution in [1.82, 2.24) is 4.90 Å². The lowest BCUT2D eigenvalue weighted by Gasteiger charge is -2.07. The summed E-state index contributed by atoms with van der Waals surface area (Å²) in [5, 5.41) is 8.50. The van der Waals surface area contributed by atoms with Crippen molar-refractivity contribution in [3.63, 3.8) is 0 Å². The van der Waals surface area contributed by atoms with Crippen molar-refractivity contribution >= 4 is 5.91 Å². The number of amides is 1. The summed E-state index contributed by atoms with van der Waals surface area (Å²) in [6.45, 7) is 1.12. The van der Waals surface area contributed by atoms with Crippen molar-refractivity contribution in [3.05, 3.63) is 11.6 Å². The normalized spacial score (nSPS) is 12.4. The molecule has 3 nitrogen and oxygen atoms in total. The molecule has 0 heterocycles. The number of halogens is 1. The molecule has 1 amide bonds. The van der Waals surface area contributed by atoms with Crippen LogP contribution in [0.25, 0.3) is 0 Å². The van der Waals surface area contributed by atoms with Gasteiger partial charge in [0, 0.05) is 14.1 Å². The molecule has 4 heteroatoms. The average molecular weight is 147 g/mol. The molecule has 0 spiro atoms. The van der Waals surface area contributed by atoms with Crippen LogP contribution in [0, 0.1) is 0 Å². The maximum absolute atomic E-state index is 12.4. The summed E-state index contributed by atoms with van der Waals surface area (Å²) in [5.74, 6) is -2.51.